The van der Waals surface area contributed by atoms with Crippen LogP contribution in [0.2, 0.25) is 0 Å². The van der Waals surface area contributed by atoms with Gasteiger partial charge in [-0.15, -0.1) is 0 Å². The number of nitrogens with two attached hydrogens (primary N) is 1. The highest BCUT2D eigenvalue weighted by atomic mass is 79.9. The Hall–Kier alpha value is -0.870. The monoisotopic (exact) mass is 282 g/mol. The normalized spacial score (nSPS) is 13.6. The Morgan fingerprint density at radius 2 is 2.19 bits per heavy atom. The second-order valence-corrected chi connectivity index (χ2v) is 5.25. The van der Waals surface area contributed by atoms with Crippen molar-refractivity contribution in [3.05, 3.63) is 28.6 Å². The number of hydrogen-bond acceptors (Lipinski definition) is 3. The Morgan fingerprint density at radius 1 is 1.44 bits per heavy atom. The molecule has 0 aliphatic rings. The van der Waals surface area contributed by atoms with Crippen molar-refractivity contribution in [1.82, 2.24) is 4.98 Å². The molecule has 0 fully saturated rings. The highest BCUT2D eigenvalue weighted by Crippen LogP contribution is 2.21. The first-order chi connectivity index (χ1) is 7.56. The molecular formula is C12H15BrN2O. The Labute approximate surface area is 103 Å². The van der Waals surface area contributed by atoms with Gasteiger partial charge < -0.3 is 10.2 Å². The molecule has 86 valence electrons. The van der Waals surface area contributed by atoms with Gasteiger partial charge in [-0.25, -0.2) is 4.98 Å². The smallest absolute Gasteiger partial charge is 0.197 e. The summed E-state index contributed by atoms with van der Waals surface area (Å²) in [4.78, 5) is 4.42. The lowest BCUT2D eigenvalue weighted by Crippen LogP contribution is -2.28. The molecule has 0 amide bonds. The van der Waals surface area contributed by atoms with Crippen LogP contribution in [0.5, 0.6) is 0 Å². The number of benzene rings is 1. The van der Waals surface area contributed by atoms with Gasteiger partial charge in [0.05, 0.1) is 0 Å². The van der Waals surface area contributed by atoms with E-state index in [1.807, 2.05) is 18.2 Å². The molecule has 0 saturated heterocycles. The van der Waals surface area contributed by atoms with Gasteiger partial charge in [0.2, 0.25) is 0 Å². The molecule has 0 saturated carbocycles. The number of halogens is 1. The topological polar surface area (TPSA) is 52.0 Å². The van der Waals surface area contributed by atoms with E-state index < -0.39 is 0 Å². The van der Waals surface area contributed by atoms with E-state index >= 15 is 0 Å². The Balaban J connectivity index is 2.26. The van der Waals surface area contributed by atoms with E-state index in [1.54, 1.807) is 0 Å². The van der Waals surface area contributed by atoms with Crippen molar-refractivity contribution in [3.63, 3.8) is 0 Å². The molecule has 0 aliphatic carbocycles. The van der Waals surface area contributed by atoms with Crippen molar-refractivity contribution in [2.24, 2.45) is 11.7 Å². The van der Waals surface area contributed by atoms with E-state index in [-0.39, 0.29) is 6.04 Å². The lowest BCUT2D eigenvalue weighted by molar-refractivity contribution is 0.433. The molecule has 1 heterocycles. The zero-order valence-electron chi connectivity index (χ0n) is 9.40. The fourth-order valence-corrected chi connectivity index (χ4v) is 1.82. The third kappa shape index (κ3) is 2.44. The summed E-state index contributed by atoms with van der Waals surface area (Å²) in [5.74, 6) is 1.15. The van der Waals surface area contributed by atoms with Crippen molar-refractivity contribution in [3.8, 4) is 0 Å². The average molecular weight is 283 g/mol. The van der Waals surface area contributed by atoms with Crippen molar-refractivity contribution in [1.29, 1.82) is 0 Å². The Bertz CT molecular complexity index is 493. The molecule has 2 N–H and O–H groups in total. The van der Waals surface area contributed by atoms with Crippen molar-refractivity contribution in [2.75, 3.05) is 0 Å². The first kappa shape index (κ1) is 11.6. The van der Waals surface area contributed by atoms with Crippen molar-refractivity contribution < 1.29 is 4.42 Å². The molecule has 0 aliphatic heterocycles. The first-order valence-corrected chi connectivity index (χ1v) is 6.16. The number of oxazole rings is 1. The van der Waals surface area contributed by atoms with Gasteiger partial charge in [0.1, 0.15) is 5.52 Å². The zero-order valence-corrected chi connectivity index (χ0v) is 11.0. The standard InChI is InChI=1S/C12H15BrN2O/c1-7(2)9(14)6-12-15-10-5-8(13)3-4-11(10)16-12/h3-5,7,9H,6,14H2,1-2H3. The van der Waals surface area contributed by atoms with Crippen LogP contribution in [0.1, 0.15) is 19.7 Å². The molecule has 1 aromatic carbocycles. The predicted octanol–water partition coefficient (Wildman–Crippen LogP) is 3.12. The van der Waals surface area contributed by atoms with Crippen LogP contribution >= 0.6 is 15.9 Å². The van der Waals surface area contributed by atoms with Crippen LogP contribution in [0.15, 0.2) is 27.1 Å². The summed E-state index contributed by atoms with van der Waals surface area (Å²) < 4.78 is 6.64. The lowest BCUT2D eigenvalue weighted by atomic mass is 10.0. The minimum absolute atomic E-state index is 0.0940. The van der Waals surface area contributed by atoms with Gasteiger partial charge in [-0.3, -0.25) is 0 Å². The van der Waals surface area contributed by atoms with Crippen LogP contribution < -0.4 is 5.73 Å². The molecule has 3 nitrogen and oxygen atoms in total. The summed E-state index contributed by atoms with van der Waals surface area (Å²) in [5.41, 5.74) is 7.68. The molecule has 4 heteroatoms. The Morgan fingerprint density at radius 3 is 2.88 bits per heavy atom. The lowest BCUT2D eigenvalue weighted by Gasteiger charge is -2.12. The van der Waals surface area contributed by atoms with E-state index in [4.69, 9.17) is 10.2 Å². The second-order valence-electron chi connectivity index (χ2n) is 4.33. The van der Waals surface area contributed by atoms with E-state index in [1.165, 1.54) is 0 Å². The summed E-state index contributed by atoms with van der Waals surface area (Å²) in [6.45, 7) is 4.20. The summed E-state index contributed by atoms with van der Waals surface area (Å²) in [6.07, 6.45) is 0.684. The molecule has 2 aromatic rings. The largest absolute Gasteiger partial charge is 0.441 e. The molecule has 0 radical (unpaired) electrons. The van der Waals surface area contributed by atoms with Crippen LogP contribution in [-0.4, -0.2) is 11.0 Å². The highest BCUT2D eigenvalue weighted by Gasteiger charge is 2.13. The van der Waals surface area contributed by atoms with E-state index in [0.717, 1.165) is 15.6 Å². The number of nitrogens with zero attached hydrogens (tertiary/aromatic N) is 1. The maximum atomic E-state index is 5.99. The number of fused-ring (bicyclic) bond motifs is 1. The van der Waals surface area contributed by atoms with E-state index in [9.17, 15) is 0 Å². The second kappa shape index (κ2) is 4.55. The molecule has 0 spiro atoms. The highest BCUT2D eigenvalue weighted by molar-refractivity contribution is 9.10. The van der Waals surface area contributed by atoms with Crippen LogP contribution in [-0.2, 0) is 6.42 Å². The number of aromatic nitrogens is 1. The maximum Gasteiger partial charge on any atom is 0.197 e. The third-order valence-electron chi connectivity index (χ3n) is 2.66. The van der Waals surface area contributed by atoms with Gasteiger partial charge in [-0.2, -0.15) is 0 Å². The number of hydrogen-bond donors (Lipinski definition) is 1. The molecule has 0 bridgehead atoms. The zero-order chi connectivity index (χ0) is 11.7. The first-order valence-electron chi connectivity index (χ1n) is 5.37. The van der Waals surface area contributed by atoms with E-state index in [2.05, 4.69) is 34.8 Å². The molecule has 1 atom stereocenters. The summed E-state index contributed by atoms with van der Waals surface area (Å²) >= 11 is 3.41. The summed E-state index contributed by atoms with van der Waals surface area (Å²) in [5, 5.41) is 0. The summed E-state index contributed by atoms with van der Waals surface area (Å²) in [7, 11) is 0. The van der Waals surface area contributed by atoms with Crippen LogP contribution in [0.3, 0.4) is 0 Å². The average Bonchev–Trinajstić information content (AvgIpc) is 2.58. The quantitative estimate of drug-likeness (QED) is 0.941. The molecule has 1 unspecified atom stereocenters. The van der Waals surface area contributed by atoms with Gasteiger partial charge in [0.25, 0.3) is 0 Å². The van der Waals surface area contributed by atoms with Gasteiger partial charge in [-0.05, 0) is 24.1 Å². The minimum Gasteiger partial charge on any atom is -0.441 e. The maximum absolute atomic E-state index is 5.99. The van der Waals surface area contributed by atoms with E-state index in [0.29, 0.717) is 18.2 Å². The van der Waals surface area contributed by atoms with Crippen LogP contribution in [0, 0.1) is 5.92 Å². The number of rotatable bonds is 3. The molecule has 16 heavy (non-hydrogen) atoms. The van der Waals surface area contributed by atoms with Crippen molar-refractivity contribution >= 4 is 27.0 Å². The minimum atomic E-state index is 0.0940. The van der Waals surface area contributed by atoms with Crippen LogP contribution in [0.25, 0.3) is 11.1 Å². The third-order valence-corrected chi connectivity index (χ3v) is 3.15. The Kier molecular flexibility index (Phi) is 3.30. The summed E-state index contributed by atoms with van der Waals surface area (Å²) in [6, 6.07) is 5.90. The van der Waals surface area contributed by atoms with Crippen LogP contribution in [0.4, 0.5) is 0 Å². The van der Waals surface area contributed by atoms with Gasteiger partial charge in [0, 0.05) is 16.9 Å². The molecule has 1 aromatic heterocycles. The predicted molar refractivity (Wildman–Crippen MR) is 68.2 cm³/mol. The van der Waals surface area contributed by atoms with Crippen molar-refractivity contribution in [2.45, 2.75) is 26.3 Å². The fourth-order valence-electron chi connectivity index (χ4n) is 1.47. The molecule has 2 rings (SSSR count). The SMILES string of the molecule is CC(C)C(N)Cc1nc2cc(Br)ccc2o1. The fraction of sp³-hybridized carbons (Fsp3) is 0.417. The van der Waals surface area contributed by atoms with Gasteiger partial charge in [0.15, 0.2) is 11.5 Å². The molecular weight excluding hydrogens is 268 g/mol. The van der Waals surface area contributed by atoms with Gasteiger partial charge in [-0.1, -0.05) is 29.8 Å². The van der Waals surface area contributed by atoms with Gasteiger partial charge >= 0.3 is 0 Å².